The van der Waals surface area contributed by atoms with E-state index in [-0.39, 0.29) is 18.6 Å². The largest absolute Gasteiger partial charge is 0.484 e. The molecule has 1 heterocycles. The molecule has 0 N–H and O–H groups in total. The smallest absolute Gasteiger partial charge is 0.260 e. The summed E-state index contributed by atoms with van der Waals surface area (Å²) in [5.41, 5.74) is 1.64. The van der Waals surface area contributed by atoms with Crippen LogP contribution in [0.25, 0.3) is 0 Å². The molecule has 2 aromatic carbocycles. The molecule has 2 aromatic rings. The van der Waals surface area contributed by atoms with E-state index in [0.29, 0.717) is 24.4 Å². The SMILES string of the molecule is N#Cc1ccc(OCC(=O)N(Cc2ccccc2)CC2CCCO2)cc1. The molecule has 0 spiro atoms. The number of nitriles is 1. The normalized spacial score (nSPS) is 16.0. The van der Waals surface area contributed by atoms with E-state index in [9.17, 15) is 4.79 Å². The average Bonchev–Trinajstić information content (AvgIpc) is 3.20. The molecule has 1 aliphatic rings. The minimum absolute atomic E-state index is 0.0363. The number of hydrogen-bond donors (Lipinski definition) is 0. The van der Waals surface area contributed by atoms with Gasteiger partial charge >= 0.3 is 0 Å². The first-order valence-corrected chi connectivity index (χ1v) is 8.81. The fourth-order valence-corrected chi connectivity index (χ4v) is 2.95. The lowest BCUT2D eigenvalue weighted by Crippen LogP contribution is -2.39. The number of amides is 1. The molecule has 1 fully saturated rings. The summed E-state index contributed by atoms with van der Waals surface area (Å²) in [7, 11) is 0. The topological polar surface area (TPSA) is 62.6 Å². The van der Waals surface area contributed by atoms with Crippen LogP contribution in [-0.2, 0) is 16.1 Å². The quantitative estimate of drug-likeness (QED) is 0.770. The predicted molar refractivity (Wildman–Crippen MR) is 97.5 cm³/mol. The molecule has 26 heavy (non-hydrogen) atoms. The number of carbonyl (C=O) groups excluding carboxylic acids is 1. The average molecular weight is 350 g/mol. The highest BCUT2D eigenvalue weighted by Gasteiger charge is 2.23. The molecule has 0 aliphatic carbocycles. The van der Waals surface area contributed by atoms with E-state index in [0.717, 1.165) is 25.0 Å². The van der Waals surface area contributed by atoms with Crippen molar-refractivity contribution >= 4 is 5.91 Å². The van der Waals surface area contributed by atoms with Crippen LogP contribution >= 0.6 is 0 Å². The lowest BCUT2D eigenvalue weighted by molar-refractivity contribution is -0.135. The van der Waals surface area contributed by atoms with Crippen molar-refractivity contribution in [2.75, 3.05) is 19.8 Å². The molecule has 0 aromatic heterocycles. The van der Waals surface area contributed by atoms with Gasteiger partial charge in [-0.15, -0.1) is 0 Å². The molecule has 5 heteroatoms. The van der Waals surface area contributed by atoms with Crippen LogP contribution in [0.4, 0.5) is 0 Å². The molecular weight excluding hydrogens is 328 g/mol. The van der Waals surface area contributed by atoms with Crippen molar-refractivity contribution in [2.24, 2.45) is 0 Å². The summed E-state index contributed by atoms with van der Waals surface area (Å²) in [6.07, 6.45) is 2.12. The van der Waals surface area contributed by atoms with Gasteiger partial charge in [-0.3, -0.25) is 4.79 Å². The second-order valence-electron chi connectivity index (χ2n) is 6.32. The molecule has 1 saturated heterocycles. The maximum absolute atomic E-state index is 12.7. The second kappa shape index (κ2) is 9.02. The summed E-state index contributed by atoms with van der Waals surface area (Å²) >= 11 is 0. The molecule has 0 bridgehead atoms. The van der Waals surface area contributed by atoms with Gasteiger partial charge in [0.15, 0.2) is 6.61 Å². The molecule has 1 atom stereocenters. The number of rotatable bonds is 7. The van der Waals surface area contributed by atoms with Crippen LogP contribution in [0.15, 0.2) is 54.6 Å². The zero-order chi connectivity index (χ0) is 18.2. The fraction of sp³-hybridized carbons (Fsp3) is 0.333. The van der Waals surface area contributed by atoms with E-state index >= 15 is 0 Å². The third-order valence-corrected chi connectivity index (χ3v) is 4.36. The Balaban J connectivity index is 1.61. The Labute approximate surface area is 153 Å². The molecule has 134 valence electrons. The fourth-order valence-electron chi connectivity index (χ4n) is 2.95. The Bertz CT molecular complexity index is 747. The number of benzene rings is 2. The van der Waals surface area contributed by atoms with Crippen molar-refractivity contribution in [3.63, 3.8) is 0 Å². The first kappa shape index (κ1) is 18.0. The van der Waals surface area contributed by atoms with Gasteiger partial charge in [0.1, 0.15) is 5.75 Å². The van der Waals surface area contributed by atoms with Crippen LogP contribution in [-0.4, -0.2) is 36.7 Å². The number of nitrogens with zero attached hydrogens (tertiary/aromatic N) is 2. The van der Waals surface area contributed by atoms with Gasteiger partial charge in [-0.05, 0) is 42.7 Å². The highest BCUT2D eigenvalue weighted by molar-refractivity contribution is 5.77. The standard InChI is InChI=1S/C21H22N2O3/c22-13-17-8-10-19(11-9-17)26-16-21(24)23(15-20-7-4-12-25-20)14-18-5-2-1-3-6-18/h1-3,5-6,8-11,20H,4,7,12,14-16H2. The van der Waals surface area contributed by atoms with Gasteiger partial charge in [0, 0.05) is 19.7 Å². The zero-order valence-corrected chi connectivity index (χ0v) is 14.6. The molecule has 1 unspecified atom stereocenters. The lowest BCUT2D eigenvalue weighted by Gasteiger charge is -2.25. The van der Waals surface area contributed by atoms with Gasteiger partial charge in [0.2, 0.25) is 0 Å². The molecular formula is C21H22N2O3. The molecule has 5 nitrogen and oxygen atoms in total. The Hall–Kier alpha value is -2.84. The van der Waals surface area contributed by atoms with E-state index < -0.39 is 0 Å². The second-order valence-corrected chi connectivity index (χ2v) is 6.32. The van der Waals surface area contributed by atoms with Gasteiger partial charge in [-0.25, -0.2) is 0 Å². The Kier molecular flexibility index (Phi) is 6.24. The minimum Gasteiger partial charge on any atom is -0.484 e. The van der Waals surface area contributed by atoms with Crippen molar-refractivity contribution in [3.05, 3.63) is 65.7 Å². The first-order chi connectivity index (χ1) is 12.7. The van der Waals surface area contributed by atoms with Crippen molar-refractivity contribution in [1.29, 1.82) is 5.26 Å². The molecule has 3 rings (SSSR count). The number of hydrogen-bond acceptors (Lipinski definition) is 4. The number of carbonyl (C=O) groups is 1. The van der Waals surface area contributed by atoms with E-state index in [1.807, 2.05) is 30.3 Å². The molecule has 1 aliphatic heterocycles. The van der Waals surface area contributed by atoms with Gasteiger partial charge in [0.05, 0.1) is 17.7 Å². The van der Waals surface area contributed by atoms with Gasteiger partial charge < -0.3 is 14.4 Å². The summed E-state index contributed by atoms with van der Waals surface area (Å²) in [6.45, 7) is 1.84. The van der Waals surface area contributed by atoms with Gasteiger partial charge in [0.25, 0.3) is 5.91 Å². The highest BCUT2D eigenvalue weighted by atomic mass is 16.5. The summed E-state index contributed by atoms with van der Waals surface area (Å²) in [5, 5.41) is 8.83. The van der Waals surface area contributed by atoms with Crippen molar-refractivity contribution in [2.45, 2.75) is 25.5 Å². The first-order valence-electron chi connectivity index (χ1n) is 8.81. The highest BCUT2D eigenvalue weighted by Crippen LogP contribution is 2.16. The monoisotopic (exact) mass is 350 g/mol. The van der Waals surface area contributed by atoms with Crippen LogP contribution in [0.1, 0.15) is 24.0 Å². The summed E-state index contributed by atoms with van der Waals surface area (Å²) < 4.78 is 11.3. The Morgan fingerprint density at radius 3 is 2.62 bits per heavy atom. The summed E-state index contributed by atoms with van der Waals surface area (Å²) in [4.78, 5) is 14.5. The van der Waals surface area contributed by atoms with Crippen LogP contribution in [0.2, 0.25) is 0 Å². The zero-order valence-electron chi connectivity index (χ0n) is 14.6. The van der Waals surface area contributed by atoms with Crippen molar-refractivity contribution < 1.29 is 14.3 Å². The molecule has 1 amide bonds. The van der Waals surface area contributed by atoms with Crippen LogP contribution in [0, 0.1) is 11.3 Å². The maximum atomic E-state index is 12.7. The van der Waals surface area contributed by atoms with Crippen molar-refractivity contribution in [1.82, 2.24) is 4.90 Å². The van der Waals surface area contributed by atoms with Crippen LogP contribution in [0.3, 0.4) is 0 Å². The third kappa shape index (κ3) is 5.08. The van der Waals surface area contributed by atoms with E-state index in [2.05, 4.69) is 6.07 Å². The third-order valence-electron chi connectivity index (χ3n) is 4.36. The Morgan fingerprint density at radius 1 is 1.19 bits per heavy atom. The van der Waals surface area contributed by atoms with E-state index in [1.54, 1.807) is 29.2 Å². The van der Waals surface area contributed by atoms with Gasteiger partial charge in [-0.1, -0.05) is 30.3 Å². The molecule has 0 saturated carbocycles. The van der Waals surface area contributed by atoms with Gasteiger partial charge in [-0.2, -0.15) is 5.26 Å². The number of ether oxygens (including phenoxy) is 2. The lowest BCUT2D eigenvalue weighted by atomic mass is 10.2. The maximum Gasteiger partial charge on any atom is 0.260 e. The van der Waals surface area contributed by atoms with E-state index in [4.69, 9.17) is 14.7 Å². The van der Waals surface area contributed by atoms with Crippen LogP contribution in [0.5, 0.6) is 5.75 Å². The Morgan fingerprint density at radius 2 is 1.96 bits per heavy atom. The van der Waals surface area contributed by atoms with E-state index in [1.165, 1.54) is 0 Å². The summed E-state index contributed by atoms with van der Waals surface area (Å²) in [6, 6.07) is 18.7. The molecule has 0 radical (unpaired) electrons. The minimum atomic E-state index is -0.0753. The van der Waals surface area contributed by atoms with Crippen LogP contribution < -0.4 is 4.74 Å². The predicted octanol–water partition coefficient (Wildman–Crippen LogP) is 3.14. The van der Waals surface area contributed by atoms with Crippen molar-refractivity contribution in [3.8, 4) is 11.8 Å². The summed E-state index contributed by atoms with van der Waals surface area (Å²) in [5.74, 6) is 0.503.